The monoisotopic (exact) mass is 536 g/mol. The molecule has 2 N–H and O–H groups in total. The van der Waals surface area contributed by atoms with Crippen LogP contribution < -0.4 is 14.8 Å². The average Bonchev–Trinajstić information content (AvgIpc) is 2.95. The molecule has 2 aromatic carbocycles. The first-order valence-electron chi connectivity index (χ1n) is 12.7. The molecule has 4 rings (SSSR count). The molecule has 1 aliphatic heterocycles. The third-order valence-corrected chi connectivity index (χ3v) is 6.84. The zero-order chi connectivity index (χ0) is 28.1. The number of likely N-dealkylation sites (N-methyl/N-ethyl adjacent to an activating group) is 1. The number of methoxy groups -OCH3 is 1. The Morgan fingerprint density at radius 3 is 2.74 bits per heavy atom. The highest BCUT2D eigenvalue weighted by molar-refractivity contribution is 5.98. The lowest BCUT2D eigenvalue weighted by Crippen LogP contribution is -2.50. The van der Waals surface area contributed by atoms with Gasteiger partial charge in [0.15, 0.2) is 0 Å². The Bertz CT molecular complexity index is 1340. The maximum atomic E-state index is 14.1. The number of anilines is 1. The van der Waals surface area contributed by atoms with Gasteiger partial charge in [-0.3, -0.25) is 4.79 Å². The molecule has 0 spiro atoms. The highest BCUT2D eigenvalue weighted by Crippen LogP contribution is 2.31. The standard InChI is InChI=1S/C29H33FN4O5/c1-18-15-34(19(2)17-35)28(36)23-13-21(20-8-7-9-22(12-20)38-4)14-31-27(23)39-26(18)16-33(3)29(37)32-25-11-6-5-10-24(25)30/h5-14,18-19,26,35H,15-17H2,1-4H3,(H,32,37)/t18-,19+,26-/m1/s1. The molecule has 2 heterocycles. The van der Waals surface area contributed by atoms with E-state index in [2.05, 4.69) is 10.3 Å². The summed E-state index contributed by atoms with van der Waals surface area (Å²) in [5.41, 5.74) is 1.85. The molecule has 0 saturated heterocycles. The molecule has 0 bridgehead atoms. The van der Waals surface area contributed by atoms with Gasteiger partial charge in [0, 0.05) is 31.3 Å². The largest absolute Gasteiger partial charge is 0.497 e. The van der Waals surface area contributed by atoms with Gasteiger partial charge in [-0.2, -0.15) is 0 Å². The molecular formula is C29H33FN4O5. The number of carbonyl (C=O) groups is 2. The number of benzene rings is 2. The summed E-state index contributed by atoms with van der Waals surface area (Å²) in [6.07, 6.45) is 1.08. The molecule has 1 aromatic heterocycles. The third-order valence-electron chi connectivity index (χ3n) is 6.84. The zero-order valence-corrected chi connectivity index (χ0v) is 22.4. The Hall–Kier alpha value is -4.18. The van der Waals surface area contributed by atoms with Crippen molar-refractivity contribution in [2.45, 2.75) is 26.0 Å². The van der Waals surface area contributed by atoms with Crippen LogP contribution >= 0.6 is 0 Å². The fourth-order valence-electron chi connectivity index (χ4n) is 4.41. The number of ether oxygens (including phenoxy) is 2. The lowest BCUT2D eigenvalue weighted by Gasteiger charge is -2.37. The molecule has 206 valence electrons. The lowest BCUT2D eigenvalue weighted by atomic mass is 9.99. The van der Waals surface area contributed by atoms with Crippen LogP contribution in [-0.4, -0.2) is 77.8 Å². The van der Waals surface area contributed by atoms with Crippen molar-refractivity contribution in [3.63, 3.8) is 0 Å². The van der Waals surface area contributed by atoms with E-state index < -0.39 is 24.0 Å². The lowest BCUT2D eigenvalue weighted by molar-refractivity contribution is 0.0356. The zero-order valence-electron chi connectivity index (χ0n) is 22.4. The van der Waals surface area contributed by atoms with Crippen LogP contribution in [0, 0.1) is 11.7 Å². The molecule has 10 heteroatoms. The number of hydrogen-bond donors (Lipinski definition) is 2. The number of rotatable bonds is 7. The van der Waals surface area contributed by atoms with E-state index in [4.69, 9.17) is 9.47 Å². The number of carbonyl (C=O) groups excluding carboxylic acids is 2. The van der Waals surface area contributed by atoms with Crippen molar-refractivity contribution in [2.24, 2.45) is 5.92 Å². The summed E-state index contributed by atoms with van der Waals surface area (Å²) in [4.78, 5) is 34.0. The minimum absolute atomic E-state index is 0.0756. The molecule has 3 atom stereocenters. The van der Waals surface area contributed by atoms with E-state index in [9.17, 15) is 19.1 Å². The molecule has 3 amide bonds. The van der Waals surface area contributed by atoms with Crippen LogP contribution in [0.4, 0.5) is 14.9 Å². The number of fused-ring (bicyclic) bond motifs is 1. The number of amides is 3. The number of aliphatic hydroxyl groups excluding tert-OH is 1. The van der Waals surface area contributed by atoms with Crippen LogP contribution in [0.15, 0.2) is 60.8 Å². The van der Waals surface area contributed by atoms with Gasteiger partial charge >= 0.3 is 6.03 Å². The summed E-state index contributed by atoms with van der Waals surface area (Å²) < 4.78 is 25.7. The minimum Gasteiger partial charge on any atom is -0.497 e. The normalized spacial score (nSPS) is 17.8. The number of para-hydroxylation sites is 1. The van der Waals surface area contributed by atoms with Gasteiger partial charge in [-0.25, -0.2) is 14.2 Å². The average molecular weight is 537 g/mol. The van der Waals surface area contributed by atoms with Crippen LogP contribution in [0.25, 0.3) is 11.1 Å². The second kappa shape index (κ2) is 12.1. The number of aromatic nitrogens is 1. The highest BCUT2D eigenvalue weighted by Gasteiger charge is 2.35. The Morgan fingerprint density at radius 2 is 2.03 bits per heavy atom. The summed E-state index contributed by atoms with van der Waals surface area (Å²) in [7, 11) is 3.17. The number of nitrogens with zero attached hydrogens (tertiary/aromatic N) is 3. The summed E-state index contributed by atoms with van der Waals surface area (Å²) in [5, 5.41) is 12.5. The summed E-state index contributed by atoms with van der Waals surface area (Å²) >= 11 is 0. The minimum atomic E-state index is -0.545. The highest BCUT2D eigenvalue weighted by atomic mass is 19.1. The quantitative estimate of drug-likeness (QED) is 0.467. The van der Waals surface area contributed by atoms with E-state index in [1.165, 1.54) is 17.0 Å². The van der Waals surface area contributed by atoms with Crippen molar-refractivity contribution < 1.29 is 28.6 Å². The van der Waals surface area contributed by atoms with E-state index in [1.54, 1.807) is 50.4 Å². The van der Waals surface area contributed by atoms with E-state index in [0.29, 0.717) is 11.3 Å². The molecule has 0 radical (unpaired) electrons. The number of urea groups is 1. The van der Waals surface area contributed by atoms with Crippen LogP contribution in [0.1, 0.15) is 24.2 Å². The molecule has 39 heavy (non-hydrogen) atoms. The van der Waals surface area contributed by atoms with Crippen LogP contribution in [0.3, 0.4) is 0 Å². The Morgan fingerprint density at radius 1 is 1.26 bits per heavy atom. The SMILES string of the molecule is COc1cccc(-c2cnc3c(c2)C(=O)N([C@@H](C)CO)C[C@@H](C)[C@@H](CN(C)C(=O)Nc2ccccc2F)O3)c1. The topological polar surface area (TPSA) is 104 Å². The van der Waals surface area contributed by atoms with Crippen molar-refractivity contribution in [3.8, 4) is 22.8 Å². The van der Waals surface area contributed by atoms with E-state index in [0.717, 1.165) is 5.56 Å². The Balaban J connectivity index is 1.64. The summed E-state index contributed by atoms with van der Waals surface area (Å²) in [5.74, 6) is -0.254. The predicted molar refractivity (Wildman–Crippen MR) is 145 cm³/mol. The van der Waals surface area contributed by atoms with Crippen LogP contribution in [0.2, 0.25) is 0 Å². The molecule has 9 nitrogen and oxygen atoms in total. The van der Waals surface area contributed by atoms with Crippen LogP contribution in [-0.2, 0) is 0 Å². The molecule has 1 aliphatic rings. The molecule has 3 aromatic rings. The summed E-state index contributed by atoms with van der Waals surface area (Å²) in [6.45, 7) is 3.90. The van der Waals surface area contributed by atoms with Crippen molar-refractivity contribution in [3.05, 3.63) is 72.2 Å². The van der Waals surface area contributed by atoms with Gasteiger partial charge in [0.2, 0.25) is 5.88 Å². The number of hydrogen-bond acceptors (Lipinski definition) is 6. The third kappa shape index (κ3) is 6.28. The van der Waals surface area contributed by atoms with E-state index in [1.807, 2.05) is 31.2 Å². The second-order valence-electron chi connectivity index (χ2n) is 9.72. The second-order valence-corrected chi connectivity index (χ2v) is 9.72. The van der Waals surface area contributed by atoms with Gasteiger partial charge in [0.1, 0.15) is 23.2 Å². The predicted octanol–water partition coefficient (Wildman–Crippen LogP) is 4.28. The molecule has 0 fully saturated rings. The van der Waals surface area contributed by atoms with E-state index in [-0.39, 0.29) is 48.7 Å². The first kappa shape index (κ1) is 27.8. The maximum absolute atomic E-state index is 14.1. The molecule has 0 unspecified atom stereocenters. The van der Waals surface area contributed by atoms with Gasteiger partial charge in [-0.1, -0.05) is 31.2 Å². The van der Waals surface area contributed by atoms with Gasteiger partial charge in [-0.15, -0.1) is 0 Å². The van der Waals surface area contributed by atoms with Gasteiger partial charge in [0.05, 0.1) is 32.0 Å². The van der Waals surface area contributed by atoms with Crippen molar-refractivity contribution in [2.75, 3.05) is 39.2 Å². The van der Waals surface area contributed by atoms with Crippen molar-refractivity contribution >= 4 is 17.6 Å². The van der Waals surface area contributed by atoms with Crippen molar-refractivity contribution in [1.82, 2.24) is 14.8 Å². The number of aliphatic hydroxyl groups is 1. The fourth-order valence-corrected chi connectivity index (χ4v) is 4.41. The van der Waals surface area contributed by atoms with Gasteiger partial charge < -0.3 is 29.7 Å². The first-order chi connectivity index (χ1) is 18.7. The van der Waals surface area contributed by atoms with Crippen molar-refractivity contribution in [1.29, 1.82) is 0 Å². The fraction of sp³-hybridized carbons (Fsp3) is 0.345. The number of pyridine rings is 1. The van der Waals surface area contributed by atoms with E-state index >= 15 is 0 Å². The van der Waals surface area contributed by atoms with Gasteiger partial charge in [-0.05, 0) is 42.8 Å². The smallest absolute Gasteiger partial charge is 0.321 e. The number of halogens is 1. The maximum Gasteiger partial charge on any atom is 0.321 e. The Kier molecular flexibility index (Phi) is 8.65. The number of nitrogens with one attached hydrogen (secondary N) is 1. The summed E-state index contributed by atoms with van der Waals surface area (Å²) in [6, 6.07) is 14.1. The molecule has 0 saturated carbocycles. The Labute approximate surface area is 227 Å². The van der Waals surface area contributed by atoms with Gasteiger partial charge in [0.25, 0.3) is 5.91 Å². The molecular weight excluding hydrogens is 503 g/mol. The first-order valence-corrected chi connectivity index (χ1v) is 12.7. The van der Waals surface area contributed by atoms with Crippen LogP contribution in [0.5, 0.6) is 11.6 Å². The molecule has 0 aliphatic carbocycles.